The molecule has 2 atom stereocenters. The topological polar surface area (TPSA) is 63.7 Å². The maximum Gasteiger partial charge on any atom is 0.249 e. The molecule has 2 aliphatic heterocycles. The van der Waals surface area contributed by atoms with E-state index in [0.717, 1.165) is 30.2 Å². The molecule has 1 spiro atoms. The Kier molecular flexibility index (Phi) is 5.54. The van der Waals surface area contributed by atoms with E-state index in [4.69, 9.17) is 9.47 Å². The van der Waals surface area contributed by atoms with Gasteiger partial charge in [-0.1, -0.05) is 29.8 Å². The van der Waals surface area contributed by atoms with Gasteiger partial charge in [-0.15, -0.1) is 11.3 Å². The van der Waals surface area contributed by atoms with Crippen LogP contribution in [-0.2, 0) is 27.4 Å². The number of hydrogen-bond acceptors (Lipinski definition) is 6. The number of nitrogens with zero attached hydrogens (tertiary/aromatic N) is 2. The first-order chi connectivity index (χ1) is 13.1. The monoisotopic (exact) mass is 387 g/mol. The van der Waals surface area contributed by atoms with E-state index in [1.165, 1.54) is 5.56 Å². The molecule has 3 heterocycles. The summed E-state index contributed by atoms with van der Waals surface area (Å²) < 4.78 is 11.9. The molecular formula is C20H25N3O3S. The van der Waals surface area contributed by atoms with Gasteiger partial charge in [0.2, 0.25) is 5.91 Å². The summed E-state index contributed by atoms with van der Waals surface area (Å²) in [6, 6.07) is 8.17. The number of morpholine rings is 1. The first-order valence-electron chi connectivity index (χ1n) is 9.31. The number of benzene rings is 1. The zero-order valence-electron chi connectivity index (χ0n) is 15.5. The fraction of sp³-hybridized carbons (Fsp3) is 0.500. The lowest BCUT2D eigenvalue weighted by Crippen LogP contribution is -2.52. The molecule has 1 N–H and O–H groups in total. The van der Waals surface area contributed by atoms with Crippen molar-refractivity contribution in [2.45, 2.75) is 38.1 Å². The highest BCUT2D eigenvalue weighted by molar-refractivity contribution is 7.09. The average Bonchev–Trinajstić information content (AvgIpc) is 3.32. The Morgan fingerprint density at radius 3 is 3.04 bits per heavy atom. The molecule has 2 aliphatic rings. The average molecular weight is 388 g/mol. The van der Waals surface area contributed by atoms with Crippen molar-refractivity contribution in [2.24, 2.45) is 0 Å². The summed E-state index contributed by atoms with van der Waals surface area (Å²) in [7, 11) is 0. The van der Waals surface area contributed by atoms with Crippen LogP contribution in [0.4, 0.5) is 0 Å². The van der Waals surface area contributed by atoms with E-state index in [0.29, 0.717) is 26.2 Å². The highest BCUT2D eigenvalue weighted by Gasteiger charge is 2.46. The number of ether oxygens (including phenoxy) is 2. The lowest BCUT2D eigenvalue weighted by Gasteiger charge is -2.39. The van der Waals surface area contributed by atoms with E-state index < -0.39 is 6.10 Å². The van der Waals surface area contributed by atoms with E-state index in [9.17, 15) is 4.79 Å². The van der Waals surface area contributed by atoms with E-state index in [2.05, 4.69) is 34.3 Å². The minimum Gasteiger partial charge on any atom is -0.370 e. The minimum atomic E-state index is -0.449. The Bertz CT molecular complexity index is 765. The quantitative estimate of drug-likeness (QED) is 0.852. The molecule has 0 radical (unpaired) electrons. The summed E-state index contributed by atoms with van der Waals surface area (Å²) in [6.45, 7) is 6.17. The highest BCUT2D eigenvalue weighted by atomic mass is 32.1. The smallest absolute Gasteiger partial charge is 0.249 e. The van der Waals surface area contributed by atoms with Crippen LogP contribution < -0.4 is 5.32 Å². The molecule has 0 saturated carbocycles. The lowest BCUT2D eigenvalue weighted by molar-refractivity contribution is -0.130. The summed E-state index contributed by atoms with van der Waals surface area (Å²) >= 11 is 1.67. The molecule has 4 rings (SSSR count). The van der Waals surface area contributed by atoms with Gasteiger partial charge in [-0.05, 0) is 12.5 Å². The number of carbonyl (C=O) groups excluding carboxylic acids is 1. The molecule has 2 fully saturated rings. The van der Waals surface area contributed by atoms with E-state index >= 15 is 0 Å². The Morgan fingerprint density at radius 1 is 1.41 bits per heavy atom. The van der Waals surface area contributed by atoms with Gasteiger partial charge in [0, 0.05) is 37.6 Å². The van der Waals surface area contributed by atoms with Gasteiger partial charge >= 0.3 is 0 Å². The van der Waals surface area contributed by atoms with Gasteiger partial charge in [0.25, 0.3) is 0 Å². The predicted molar refractivity (Wildman–Crippen MR) is 103 cm³/mol. The van der Waals surface area contributed by atoms with E-state index in [1.54, 1.807) is 11.3 Å². The SMILES string of the molecule is Cc1ccc(CNC(=O)C2CC3(CO2)CN(Cc2nccs2)CCO3)cc1. The summed E-state index contributed by atoms with van der Waals surface area (Å²) in [6.07, 6.45) is 1.99. The zero-order chi connectivity index (χ0) is 18.7. The summed E-state index contributed by atoms with van der Waals surface area (Å²) in [5, 5.41) is 6.10. The molecular weight excluding hydrogens is 362 g/mol. The van der Waals surface area contributed by atoms with Crippen LogP contribution in [0, 0.1) is 6.92 Å². The Balaban J connectivity index is 1.30. The first-order valence-corrected chi connectivity index (χ1v) is 10.2. The predicted octanol–water partition coefficient (Wildman–Crippen LogP) is 2.13. The van der Waals surface area contributed by atoms with Crippen LogP contribution >= 0.6 is 11.3 Å². The van der Waals surface area contributed by atoms with Crippen LogP contribution in [0.15, 0.2) is 35.8 Å². The molecule has 2 unspecified atom stereocenters. The van der Waals surface area contributed by atoms with Gasteiger partial charge in [-0.2, -0.15) is 0 Å². The molecule has 6 nitrogen and oxygen atoms in total. The number of thiazole rings is 1. The number of nitrogens with one attached hydrogen (secondary N) is 1. The van der Waals surface area contributed by atoms with Crippen LogP contribution in [0.5, 0.6) is 0 Å². The number of hydrogen-bond donors (Lipinski definition) is 1. The van der Waals surface area contributed by atoms with Gasteiger partial charge in [-0.25, -0.2) is 4.98 Å². The van der Waals surface area contributed by atoms with Crippen molar-refractivity contribution in [1.29, 1.82) is 0 Å². The normalized spacial score (nSPS) is 25.7. The molecule has 0 bridgehead atoms. The standard InChI is InChI=1S/C20H25N3O3S/c1-15-2-4-16(5-3-15)11-22-19(24)17-10-20(14-25-17)13-23(7-8-26-20)12-18-21-6-9-27-18/h2-6,9,17H,7-8,10-14H2,1H3,(H,22,24). The third-order valence-corrected chi connectivity index (χ3v) is 5.92. The van der Waals surface area contributed by atoms with Crippen LogP contribution in [-0.4, -0.2) is 53.8 Å². The third kappa shape index (κ3) is 4.55. The summed E-state index contributed by atoms with van der Waals surface area (Å²) in [5.74, 6) is -0.0619. The Labute approximate surface area is 163 Å². The molecule has 1 aromatic heterocycles. The first kappa shape index (κ1) is 18.6. The number of aromatic nitrogens is 1. The molecule has 2 aromatic rings. The van der Waals surface area contributed by atoms with Crippen LogP contribution in [0.1, 0.15) is 22.6 Å². The molecule has 1 aromatic carbocycles. The molecule has 7 heteroatoms. The van der Waals surface area contributed by atoms with Crippen molar-refractivity contribution >= 4 is 17.2 Å². The summed E-state index contributed by atoms with van der Waals surface area (Å²) in [5.41, 5.74) is 1.91. The largest absolute Gasteiger partial charge is 0.370 e. The van der Waals surface area contributed by atoms with Gasteiger partial charge < -0.3 is 14.8 Å². The fourth-order valence-electron chi connectivity index (χ4n) is 3.68. The number of carbonyl (C=O) groups is 1. The van der Waals surface area contributed by atoms with Crippen LogP contribution in [0.25, 0.3) is 0 Å². The fourth-order valence-corrected chi connectivity index (χ4v) is 4.33. The van der Waals surface area contributed by atoms with Crippen LogP contribution in [0.3, 0.4) is 0 Å². The Hall–Kier alpha value is -1.80. The molecule has 2 saturated heterocycles. The van der Waals surface area contributed by atoms with E-state index in [-0.39, 0.29) is 11.5 Å². The second-order valence-electron chi connectivity index (χ2n) is 7.38. The zero-order valence-corrected chi connectivity index (χ0v) is 16.3. The van der Waals surface area contributed by atoms with Crippen molar-refractivity contribution in [2.75, 3.05) is 26.3 Å². The highest BCUT2D eigenvalue weighted by Crippen LogP contribution is 2.32. The maximum absolute atomic E-state index is 12.5. The van der Waals surface area contributed by atoms with Crippen molar-refractivity contribution in [3.05, 3.63) is 52.0 Å². The number of aryl methyl sites for hydroxylation is 1. The van der Waals surface area contributed by atoms with Crippen molar-refractivity contribution in [1.82, 2.24) is 15.2 Å². The second kappa shape index (κ2) is 8.06. The third-order valence-electron chi connectivity index (χ3n) is 5.15. The Morgan fingerprint density at radius 2 is 2.26 bits per heavy atom. The van der Waals surface area contributed by atoms with Gasteiger partial charge in [0.05, 0.1) is 19.8 Å². The van der Waals surface area contributed by atoms with E-state index in [1.807, 2.05) is 23.7 Å². The van der Waals surface area contributed by atoms with Crippen molar-refractivity contribution in [3.8, 4) is 0 Å². The molecule has 0 aliphatic carbocycles. The molecule has 27 heavy (non-hydrogen) atoms. The number of amides is 1. The summed E-state index contributed by atoms with van der Waals surface area (Å²) in [4.78, 5) is 19.2. The minimum absolute atomic E-state index is 0.0619. The maximum atomic E-state index is 12.5. The lowest BCUT2D eigenvalue weighted by atomic mass is 9.97. The van der Waals surface area contributed by atoms with Gasteiger partial charge in [0.1, 0.15) is 16.7 Å². The second-order valence-corrected chi connectivity index (χ2v) is 8.35. The van der Waals surface area contributed by atoms with Crippen molar-refractivity contribution in [3.63, 3.8) is 0 Å². The van der Waals surface area contributed by atoms with Crippen LogP contribution in [0.2, 0.25) is 0 Å². The molecule has 1 amide bonds. The van der Waals surface area contributed by atoms with Crippen molar-refractivity contribution < 1.29 is 14.3 Å². The molecule has 144 valence electrons. The van der Waals surface area contributed by atoms with Gasteiger partial charge in [0.15, 0.2) is 0 Å². The van der Waals surface area contributed by atoms with Gasteiger partial charge in [-0.3, -0.25) is 9.69 Å². The number of rotatable bonds is 5.